The van der Waals surface area contributed by atoms with Crippen LogP contribution < -0.4 is 10.6 Å². The molecule has 0 saturated heterocycles. The molecule has 26 heavy (non-hydrogen) atoms. The van der Waals surface area contributed by atoms with Gasteiger partial charge in [-0.25, -0.2) is 13.8 Å². The second-order valence-electron chi connectivity index (χ2n) is 7.43. The van der Waals surface area contributed by atoms with Crippen molar-refractivity contribution in [1.82, 2.24) is 9.97 Å². The van der Waals surface area contributed by atoms with E-state index in [4.69, 9.17) is 0 Å². The zero-order chi connectivity index (χ0) is 18.9. The fraction of sp³-hybridized carbons (Fsp3) is 0.300. The summed E-state index contributed by atoms with van der Waals surface area (Å²) < 4.78 is 26.9. The molecule has 0 spiro atoms. The zero-order valence-corrected chi connectivity index (χ0v) is 15.3. The number of hydrogen-bond acceptors (Lipinski definition) is 4. The Morgan fingerprint density at radius 3 is 2.27 bits per heavy atom. The van der Waals surface area contributed by atoms with Gasteiger partial charge in [-0.3, -0.25) is 0 Å². The third-order valence-corrected chi connectivity index (χ3v) is 4.37. The van der Waals surface area contributed by atoms with Gasteiger partial charge in [0.15, 0.2) is 0 Å². The van der Waals surface area contributed by atoms with Crippen LogP contribution in [0.2, 0.25) is 0 Å². The Labute approximate surface area is 151 Å². The number of rotatable bonds is 4. The lowest BCUT2D eigenvalue weighted by Gasteiger charge is -2.29. The van der Waals surface area contributed by atoms with Crippen molar-refractivity contribution in [3.63, 3.8) is 0 Å². The fourth-order valence-electron chi connectivity index (χ4n) is 2.42. The van der Waals surface area contributed by atoms with E-state index in [9.17, 15) is 8.78 Å². The van der Waals surface area contributed by atoms with E-state index in [2.05, 4.69) is 48.3 Å². The van der Waals surface area contributed by atoms with Gasteiger partial charge in [-0.1, -0.05) is 32.9 Å². The van der Waals surface area contributed by atoms with E-state index < -0.39 is 11.6 Å². The van der Waals surface area contributed by atoms with Crippen molar-refractivity contribution in [2.75, 3.05) is 10.6 Å². The standard InChI is InChI=1S/C20H22F2N4/c1-12(20(2,3)4)23-18-16-7-5-6-8-17(16)25-19(26-18)24-15-10-13(21)9-14(22)11-15/h5-12H,1-4H3,(H2,23,24,25,26). The first-order chi connectivity index (χ1) is 12.2. The number of anilines is 3. The van der Waals surface area contributed by atoms with Crippen LogP contribution in [0.1, 0.15) is 27.7 Å². The number of halogens is 2. The number of hydrogen-bond donors (Lipinski definition) is 2. The van der Waals surface area contributed by atoms with Crippen molar-refractivity contribution in [3.8, 4) is 0 Å². The SMILES string of the molecule is CC(Nc1nc(Nc2cc(F)cc(F)c2)nc2ccccc12)C(C)(C)C. The molecule has 1 aromatic heterocycles. The first kappa shape index (κ1) is 18.0. The van der Waals surface area contributed by atoms with Gasteiger partial charge in [-0.15, -0.1) is 0 Å². The number of benzene rings is 2. The van der Waals surface area contributed by atoms with E-state index in [1.807, 2.05) is 24.3 Å². The van der Waals surface area contributed by atoms with Crippen LogP contribution >= 0.6 is 0 Å². The van der Waals surface area contributed by atoms with Gasteiger partial charge in [-0.2, -0.15) is 4.98 Å². The minimum Gasteiger partial charge on any atom is -0.366 e. The van der Waals surface area contributed by atoms with Crippen molar-refractivity contribution in [3.05, 3.63) is 54.1 Å². The summed E-state index contributed by atoms with van der Waals surface area (Å²) in [6.45, 7) is 8.51. The Morgan fingerprint density at radius 1 is 0.962 bits per heavy atom. The third kappa shape index (κ3) is 4.07. The van der Waals surface area contributed by atoms with Gasteiger partial charge in [0.1, 0.15) is 17.5 Å². The number of nitrogens with one attached hydrogen (secondary N) is 2. The van der Waals surface area contributed by atoms with Crippen molar-refractivity contribution >= 4 is 28.4 Å². The van der Waals surface area contributed by atoms with Gasteiger partial charge >= 0.3 is 0 Å². The summed E-state index contributed by atoms with van der Waals surface area (Å²) in [5.41, 5.74) is 1.03. The Bertz CT molecular complexity index is 914. The first-order valence-electron chi connectivity index (χ1n) is 8.49. The summed E-state index contributed by atoms with van der Waals surface area (Å²) in [5, 5.41) is 7.21. The van der Waals surface area contributed by atoms with Gasteiger partial charge in [0.25, 0.3) is 0 Å². The molecule has 0 aliphatic heterocycles. The predicted octanol–water partition coefficient (Wildman–Crippen LogP) is 5.50. The normalized spacial score (nSPS) is 12.8. The molecule has 0 saturated carbocycles. The molecule has 1 unspecified atom stereocenters. The molecular formula is C20H22F2N4. The van der Waals surface area contributed by atoms with Gasteiger partial charge in [0, 0.05) is 23.2 Å². The molecule has 0 fully saturated rings. The van der Waals surface area contributed by atoms with Crippen molar-refractivity contribution < 1.29 is 8.78 Å². The van der Waals surface area contributed by atoms with E-state index in [1.54, 1.807) is 0 Å². The van der Waals surface area contributed by atoms with E-state index in [-0.39, 0.29) is 23.1 Å². The fourth-order valence-corrected chi connectivity index (χ4v) is 2.42. The predicted molar refractivity (Wildman–Crippen MR) is 102 cm³/mol. The highest BCUT2D eigenvalue weighted by atomic mass is 19.1. The molecule has 0 bridgehead atoms. The van der Waals surface area contributed by atoms with Crippen molar-refractivity contribution in [1.29, 1.82) is 0 Å². The summed E-state index contributed by atoms with van der Waals surface area (Å²) in [5.74, 6) is -0.365. The number of aromatic nitrogens is 2. The lowest BCUT2D eigenvalue weighted by molar-refractivity contribution is 0.359. The molecule has 1 heterocycles. The summed E-state index contributed by atoms with van der Waals surface area (Å²) in [6.07, 6.45) is 0. The second kappa shape index (κ2) is 6.86. The molecule has 0 amide bonds. The maximum Gasteiger partial charge on any atom is 0.229 e. The molecule has 6 heteroatoms. The largest absolute Gasteiger partial charge is 0.366 e. The summed E-state index contributed by atoms with van der Waals surface area (Å²) in [7, 11) is 0. The maximum absolute atomic E-state index is 13.4. The Morgan fingerprint density at radius 2 is 1.62 bits per heavy atom. The molecule has 3 aromatic rings. The number of nitrogens with zero attached hydrogens (tertiary/aromatic N) is 2. The highest BCUT2D eigenvalue weighted by Crippen LogP contribution is 2.28. The van der Waals surface area contributed by atoms with Crippen molar-refractivity contribution in [2.45, 2.75) is 33.7 Å². The average molecular weight is 356 g/mol. The second-order valence-corrected chi connectivity index (χ2v) is 7.43. The van der Waals surface area contributed by atoms with Crippen molar-refractivity contribution in [2.24, 2.45) is 5.41 Å². The smallest absolute Gasteiger partial charge is 0.229 e. The van der Waals surface area contributed by atoms with E-state index in [0.717, 1.165) is 17.0 Å². The Kier molecular flexibility index (Phi) is 4.76. The van der Waals surface area contributed by atoms with E-state index >= 15 is 0 Å². The molecule has 1 atom stereocenters. The maximum atomic E-state index is 13.4. The third-order valence-electron chi connectivity index (χ3n) is 4.37. The molecule has 2 N–H and O–H groups in total. The monoisotopic (exact) mass is 356 g/mol. The van der Waals surface area contributed by atoms with Crippen LogP contribution in [0.3, 0.4) is 0 Å². The molecule has 0 radical (unpaired) electrons. The minimum atomic E-state index is -0.659. The highest BCUT2D eigenvalue weighted by Gasteiger charge is 2.21. The van der Waals surface area contributed by atoms with Crippen LogP contribution in [-0.4, -0.2) is 16.0 Å². The van der Waals surface area contributed by atoms with Crippen LogP contribution in [0.25, 0.3) is 10.9 Å². The zero-order valence-electron chi connectivity index (χ0n) is 15.3. The molecule has 4 nitrogen and oxygen atoms in total. The molecule has 2 aromatic carbocycles. The van der Waals surface area contributed by atoms with Gasteiger partial charge in [0.2, 0.25) is 5.95 Å². The van der Waals surface area contributed by atoms with Crippen LogP contribution in [-0.2, 0) is 0 Å². The average Bonchev–Trinajstić information content (AvgIpc) is 2.53. The lowest BCUT2D eigenvalue weighted by Crippen LogP contribution is -2.31. The summed E-state index contributed by atoms with van der Waals surface area (Å²) in [6, 6.07) is 11.0. The molecule has 3 rings (SSSR count). The van der Waals surface area contributed by atoms with E-state index in [0.29, 0.717) is 5.82 Å². The van der Waals surface area contributed by atoms with Crippen LogP contribution in [0.15, 0.2) is 42.5 Å². The summed E-state index contributed by atoms with van der Waals surface area (Å²) >= 11 is 0. The highest BCUT2D eigenvalue weighted by molar-refractivity contribution is 5.90. The Hall–Kier alpha value is -2.76. The van der Waals surface area contributed by atoms with Gasteiger partial charge in [0.05, 0.1) is 5.52 Å². The topological polar surface area (TPSA) is 49.8 Å². The first-order valence-corrected chi connectivity index (χ1v) is 8.49. The number of para-hydroxylation sites is 1. The van der Waals surface area contributed by atoms with Crippen LogP contribution in [0.4, 0.5) is 26.2 Å². The lowest BCUT2D eigenvalue weighted by atomic mass is 9.88. The molecular weight excluding hydrogens is 334 g/mol. The summed E-state index contributed by atoms with van der Waals surface area (Å²) in [4.78, 5) is 8.98. The quantitative estimate of drug-likeness (QED) is 0.648. The number of fused-ring (bicyclic) bond motifs is 1. The Balaban J connectivity index is 2.01. The van der Waals surface area contributed by atoms with Crippen LogP contribution in [0, 0.1) is 17.0 Å². The van der Waals surface area contributed by atoms with Gasteiger partial charge < -0.3 is 10.6 Å². The van der Waals surface area contributed by atoms with Crippen LogP contribution in [0.5, 0.6) is 0 Å². The van der Waals surface area contributed by atoms with E-state index in [1.165, 1.54) is 12.1 Å². The molecule has 136 valence electrons. The molecule has 0 aliphatic carbocycles. The molecule has 0 aliphatic rings. The van der Waals surface area contributed by atoms with Gasteiger partial charge in [-0.05, 0) is 36.6 Å². The minimum absolute atomic E-state index is 0.0331.